The van der Waals surface area contributed by atoms with E-state index in [4.69, 9.17) is 23.2 Å². The first-order chi connectivity index (χ1) is 10.1. The molecule has 0 aliphatic heterocycles. The van der Waals surface area contributed by atoms with E-state index >= 15 is 0 Å². The second-order valence-corrected chi connectivity index (χ2v) is 7.49. The highest BCUT2D eigenvalue weighted by atomic mass is 35.5. The lowest BCUT2D eigenvalue weighted by Gasteiger charge is -2.17. The van der Waals surface area contributed by atoms with E-state index in [-0.39, 0.29) is 5.25 Å². The lowest BCUT2D eigenvalue weighted by Crippen LogP contribution is -2.06. The smallest absolute Gasteiger partial charge is 0.134 e. The first-order valence-corrected chi connectivity index (χ1v) is 9.47. The van der Waals surface area contributed by atoms with Crippen molar-refractivity contribution in [3.63, 3.8) is 0 Å². The number of ketones is 1. The SMILES string of the molecule is CCCCCCC(=O)CC(SCC)c1ccc(Cl)cc1Cl. The largest absolute Gasteiger partial charge is 0.300 e. The van der Waals surface area contributed by atoms with Crippen molar-refractivity contribution in [1.82, 2.24) is 0 Å². The summed E-state index contributed by atoms with van der Waals surface area (Å²) >= 11 is 14.0. The molecule has 1 unspecified atom stereocenters. The molecule has 0 spiro atoms. The Hall–Kier alpha value is -0.180. The molecule has 0 amide bonds. The molecule has 0 aromatic heterocycles. The van der Waals surface area contributed by atoms with E-state index < -0.39 is 0 Å². The maximum absolute atomic E-state index is 12.2. The summed E-state index contributed by atoms with van der Waals surface area (Å²) in [6.45, 7) is 4.28. The predicted octanol–water partition coefficient (Wildman–Crippen LogP) is 6.72. The number of hydrogen-bond donors (Lipinski definition) is 0. The molecule has 0 saturated carbocycles. The van der Waals surface area contributed by atoms with E-state index in [0.717, 1.165) is 24.2 Å². The average Bonchev–Trinajstić information content (AvgIpc) is 2.43. The van der Waals surface area contributed by atoms with Crippen LogP contribution < -0.4 is 0 Å². The molecule has 4 heteroatoms. The van der Waals surface area contributed by atoms with Gasteiger partial charge < -0.3 is 0 Å². The van der Waals surface area contributed by atoms with Crippen LogP contribution in [0.4, 0.5) is 0 Å². The Kier molecular flexibility index (Phi) is 9.46. The molecule has 1 aromatic rings. The Morgan fingerprint density at radius 3 is 2.57 bits per heavy atom. The normalized spacial score (nSPS) is 12.4. The number of carbonyl (C=O) groups is 1. The highest BCUT2D eigenvalue weighted by Gasteiger charge is 2.18. The zero-order chi connectivity index (χ0) is 15.7. The standard InChI is InChI=1S/C17H24Cl2OS/c1-3-5-6-7-8-14(20)12-17(21-4-2)15-10-9-13(18)11-16(15)19/h9-11,17H,3-8,12H2,1-2H3. The molecule has 0 N–H and O–H groups in total. The van der Waals surface area contributed by atoms with Crippen LogP contribution in [-0.2, 0) is 4.79 Å². The molecular weight excluding hydrogens is 323 g/mol. The fourth-order valence-corrected chi connectivity index (χ4v) is 3.98. The molecule has 21 heavy (non-hydrogen) atoms. The summed E-state index contributed by atoms with van der Waals surface area (Å²) in [6, 6.07) is 5.55. The molecule has 1 atom stereocenters. The van der Waals surface area contributed by atoms with Crippen LogP contribution in [0.1, 0.15) is 63.2 Å². The highest BCUT2D eigenvalue weighted by molar-refractivity contribution is 7.99. The second-order valence-electron chi connectivity index (χ2n) is 5.16. The predicted molar refractivity (Wildman–Crippen MR) is 95.7 cm³/mol. The molecule has 0 aliphatic rings. The summed E-state index contributed by atoms with van der Waals surface area (Å²) in [5.41, 5.74) is 1.02. The van der Waals surface area contributed by atoms with Crippen LogP contribution in [0.2, 0.25) is 10.0 Å². The molecule has 1 aromatic carbocycles. The third-order valence-corrected chi connectivity index (χ3v) is 5.12. The van der Waals surface area contributed by atoms with Gasteiger partial charge in [-0.1, -0.05) is 62.4 Å². The maximum atomic E-state index is 12.2. The fourth-order valence-electron chi connectivity index (χ4n) is 2.28. The van der Waals surface area contributed by atoms with Gasteiger partial charge in [0.25, 0.3) is 0 Å². The third-order valence-electron chi connectivity index (χ3n) is 3.40. The Morgan fingerprint density at radius 1 is 1.19 bits per heavy atom. The summed E-state index contributed by atoms with van der Waals surface area (Å²) in [4.78, 5) is 12.2. The minimum Gasteiger partial charge on any atom is -0.300 e. The molecule has 1 nitrogen and oxygen atoms in total. The number of carbonyl (C=O) groups excluding carboxylic acids is 1. The minimum atomic E-state index is 0.137. The van der Waals surface area contributed by atoms with Crippen molar-refractivity contribution in [1.29, 1.82) is 0 Å². The topological polar surface area (TPSA) is 17.1 Å². The Morgan fingerprint density at radius 2 is 1.95 bits per heavy atom. The van der Waals surface area contributed by atoms with Crippen molar-refractivity contribution in [2.24, 2.45) is 0 Å². The van der Waals surface area contributed by atoms with Gasteiger partial charge in [0.2, 0.25) is 0 Å². The maximum Gasteiger partial charge on any atom is 0.134 e. The van der Waals surface area contributed by atoms with Gasteiger partial charge in [0.15, 0.2) is 0 Å². The first-order valence-electron chi connectivity index (χ1n) is 7.66. The third kappa shape index (κ3) is 7.08. The van der Waals surface area contributed by atoms with Crippen molar-refractivity contribution >= 4 is 40.7 Å². The monoisotopic (exact) mass is 346 g/mol. The zero-order valence-electron chi connectivity index (χ0n) is 12.8. The van der Waals surface area contributed by atoms with Gasteiger partial charge in [0.1, 0.15) is 5.78 Å². The van der Waals surface area contributed by atoms with Gasteiger partial charge in [-0.05, 0) is 29.9 Å². The van der Waals surface area contributed by atoms with E-state index in [1.165, 1.54) is 12.8 Å². The quantitative estimate of drug-likeness (QED) is 0.437. The van der Waals surface area contributed by atoms with Crippen molar-refractivity contribution in [2.45, 2.75) is 57.6 Å². The van der Waals surface area contributed by atoms with E-state index in [0.29, 0.717) is 28.7 Å². The summed E-state index contributed by atoms with van der Waals surface area (Å²) in [6.07, 6.45) is 5.81. The molecule has 0 saturated heterocycles. The van der Waals surface area contributed by atoms with E-state index in [2.05, 4.69) is 13.8 Å². The van der Waals surface area contributed by atoms with Crippen LogP contribution in [-0.4, -0.2) is 11.5 Å². The number of hydrogen-bond acceptors (Lipinski definition) is 2. The van der Waals surface area contributed by atoms with Gasteiger partial charge in [-0.15, -0.1) is 0 Å². The lowest BCUT2D eigenvalue weighted by molar-refractivity contribution is -0.119. The van der Waals surface area contributed by atoms with Crippen LogP contribution >= 0.6 is 35.0 Å². The summed E-state index contributed by atoms with van der Waals surface area (Å²) in [7, 11) is 0. The molecule has 1 rings (SSSR count). The summed E-state index contributed by atoms with van der Waals surface area (Å²) in [5, 5.41) is 1.43. The molecule has 0 fully saturated rings. The van der Waals surface area contributed by atoms with Gasteiger partial charge in [-0.2, -0.15) is 11.8 Å². The molecule has 0 radical (unpaired) electrons. The summed E-state index contributed by atoms with van der Waals surface area (Å²) in [5.74, 6) is 1.30. The first kappa shape index (κ1) is 18.9. The van der Waals surface area contributed by atoms with Crippen molar-refractivity contribution in [3.8, 4) is 0 Å². The fraction of sp³-hybridized carbons (Fsp3) is 0.588. The van der Waals surface area contributed by atoms with Gasteiger partial charge in [-0.3, -0.25) is 4.79 Å². The second kappa shape index (κ2) is 10.5. The number of rotatable bonds is 10. The Bertz CT molecular complexity index is 448. The van der Waals surface area contributed by atoms with E-state index in [1.54, 1.807) is 17.8 Å². The van der Waals surface area contributed by atoms with Gasteiger partial charge in [-0.25, -0.2) is 0 Å². The number of benzene rings is 1. The molecule has 0 heterocycles. The van der Waals surface area contributed by atoms with Crippen molar-refractivity contribution in [3.05, 3.63) is 33.8 Å². The van der Waals surface area contributed by atoms with Gasteiger partial charge in [0, 0.05) is 28.1 Å². The van der Waals surface area contributed by atoms with Gasteiger partial charge in [0.05, 0.1) is 0 Å². The molecular formula is C17H24Cl2OS. The van der Waals surface area contributed by atoms with Crippen LogP contribution in [0.5, 0.6) is 0 Å². The van der Waals surface area contributed by atoms with Gasteiger partial charge >= 0.3 is 0 Å². The van der Waals surface area contributed by atoms with E-state index in [9.17, 15) is 4.79 Å². The van der Waals surface area contributed by atoms with Crippen LogP contribution in [0.25, 0.3) is 0 Å². The number of halogens is 2. The zero-order valence-corrected chi connectivity index (χ0v) is 15.2. The van der Waals surface area contributed by atoms with Crippen LogP contribution in [0, 0.1) is 0 Å². The average molecular weight is 347 g/mol. The van der Waals surface area contributed by atoms with Crippen molar-refractivity contribution in [2.75, 3.05) is 5.75 Å². The van der Waals surface area contributed by atoms with Crippen LogP contribution in [0.3, 0.4) is 0 Å². The summed E-state index contributed by atoms with van der Waals surface area (Å²) < 4.78 is 0. The molecule has 0 aliphatic carbocycles. The number of thioether (sulfide) groups is 1. The number of Topliss-reactive ketones (excluding diaryl/α,β-unsaturated/α-hetero) is 1. The molecule has 0 bridgehead atoms. The van der Waals surface area contributed by atoms with Crippen molar-refractivity contribution < 1.29 is 4.79 Å². The Labute approximate surface area is 142 Å². The lowest BCUT2D eigenvalue weighted by atomic mass is 10.0. The minimum absolute atomic E-state index is 0.137. The molecule has 118 valence electrons. The number of unbranched alkanes of at least 4 members (excludes halogenated alkanes) is 3. The van der Waals surface area contributed by atoms with E-state index in [1.807, 2.05) is 12.1 Å². The van der Waals surface area contributed by atoms with Crippen LogP contribution in [0.15, 0.2) is 18.2 Å². The highest BCUT2D eigenvalue weighted by Crippen LogP contribution is 2.37. The Balaban J connectivity index is 2.62.